The zero-order valence-electron chi connectivity index (χ0n) is 20.1. The minimum Gasteiger partial charge on any atom is -0.382 e. The molecular formula is C23H25F6N7OS. The molecule has 1 aromatic carbocycles. The van der Waals surface area contributed by atoms with Gasteiger partial charge in [-0.25, -0.2) is 0 Å². The van der Waals surface area contributed by atoms with Crippen LogP contribution in [0.3, 0.4) is 0 Å². The van der Waals surface area contributed by atoms with Crippen molar-refractivity contribution in [1.82, 2.24) is 20.0 Å². The number of piperidine rings is 1. The van der Waals surface area contributed by atoms with Gasteiger partial charge in [-0.1, -0.05) is 11.3 Å². The Morgan fingerprint density at radius 2 is 1.71 bits per heavy atom. The summed E-state index contributed by atoms with van der Waals surface area (Å²) in [5, 5.41) is 18.2. The number of rotatable bonds is 6. The average molecular weight is 562 g/mol. The molecule has 15 heteroatoms. The molecule has 0 saturated carbocycles. The van der Waals surface area contributed by atoms with Crippen LogP contribution in [0.25, 0.3) is 0 Å². The number of nitrogens with one attached hydrogen (secondary N) is 1. The van der Waals surface area contributed by atoms with Gasteiger partial charge in [0.05, 0.1) is 17.2 Å². The van der Waals surface area contributed by atoms with E-state index in [-0.39, 0.29) is 22.8 Å². The van der Waals surface area contributed by atoms with Crippen molar-refractivity contribution in [2.45, 2.75) is 37.7 Å². The number of hydrogen-bond donors (Lipinski definition) is 1. The standard InChI is InChI=1S/C23H25F6N7OS/c24-22(25,26)18-13-17(2-1-15(18)14-30)31-16-3-7-35(8-4-16)19(37)5-6-34-9-11-36(12-10-34)21-33-32-20(38-21)23(27,28)29/h1-2,13,16,31H,3-12H2. The van der Waals surface area contributed by atoms with E-state index in [0.717, 1.165) is 12.1 Å². The van der Waals surface area contributed by atoms with Crippen molar-refractivity contribution in [3.63, 3.8) is 0 Å². The number of nitrogens with zero attached hydrogens (tertiary/aromatic N) is 6. The Morgan fingerprint density at radius 1 is 1.03 bits per heavy atom. The number of carbonyl (C=O) groups is 1. The van der Waals surface area contributed by atoms with Crippen LogP contribution < -0.4 is 10.2 Å². The molecule has 8 nitrogen and oxygen atoms in total. The molecule has 1 amide bonds. The molecule has 0 bridgehead atoms. The van der Waals surface area contributed by atoms with Crippen LogP contribution in [0.5, 0.6) is 0 Å². The third kappa shape index (κ3) is 6.84. The average Bonchev–Trinajstić information content (AvgIpc) is 3.39. The Hall–Kier alpha value is -3.12. The number of halogens is 6. The summed E-state index contributed by atoms with van der Waals surface area (Å²) in [6.07, 6.45) is -7.68. The molecule has 2 aromatic rings. The van der Waals surface area contributed by atoms with E-state index in [1.807, 2.05) is 0 Å². The van der Waals surface area contributed by atoms with Crippen LogP contribution in [0.4, 0.5) is 37.2 Å². The number of nitriles is 1. The Bertz CT molecular complexity index is 1160. The van der Waals surface area contributed by atoms with Gasteiger partial charge in [-0.2, -0.15) is 31.6 Å². The lowest BCUT2D eigenvalue weighted by Gasteiger charge is -2.35. The van der Waals surface area contributed by atoms with Crippen LogP contribution in [0.1, 0.15) is 35.4 Å². The predicted octanol–water partition coefficient (Wildman–Crippen LogP) is 4.06. The van der Waals surface area contributed by atoms with Gasteiger partial charge < -0.3 is 15.1 Å². The van der Waals surface area contributed by atoms with Crippen LogP contribution in [0.2, 0.25) is 0 Å². The smallest absolute Gasteiger partial charge is 0.382 e. The van der Waals surface area contributed by atoms with Gasteiger partial charge in [0.25, 0.3) is 0 Å². The second-order valence-corrected chi connectivity index (χ2v) is 10.1. The highest BCUT2D eigenvalue weighted by atomic mass is 32.1. The monoisotopic (exact) mass is 561 g/mol. The summed E-state index contributed by atoms with van der Waals surface area (Å²) in [4.78, 5) is 18.3. The maximum Gasteiger partial charge on any atom is 0.445 e. The van der Waals surface area contributed by atoms with Crippen molar-refractivity contribution in [2.24, 2.45) is 0 Å². The summed E-state index contributed by atoms with van der Waals surface area (Å²) in [5.41, 5.74) is -1.13. The van der Waals surface area contributed by atoms with Crippen molar-refractivity contribution in [3.8, 4) is 6.07 Å². The molecule has 0 atom stereocenters. The number of amides is 1. The molecule has 3 heterocycles. The second-order valence-electron chi connectivity index (χ2n) is 9.14. The molecule has 2 fully saturated rings. The van der Waals surface area contributed by atoms with E-state index in [9.17, 15) is 31.1 Å². The summed E-state index contributed by atoms with van der Waals surface area (Å²) in [6, 6.07) is 5.00. The third-order valence-electron chi connectivity index (χ3n) is 6.61. The first-order chi connectivity index (χ1) is 17.9. The van der Waals surface area contributed by atoms with Gasteiger partial charge in [0.2, 0.25) is 16.0 Å². The number of carbonyl (C=O) groups excluding carboxylic acids is 1. The summed E-state index contributed by atoms with van der Waals surface area (Å²) in [6.45, 7) is 3.64. The molecule has 1 aromatic heterocycles. The first-order valence-corrected chi connectivity index (χ1v) is 12.8. The van der Waals surface area contributed by atoms with Crippen molar-refractivity contribution >= 4 is 28.1 Å². The van der Waals surface area contributed by atoms with Gasteiger partial charge in [0.1, 0.15) is 0 Å². The highest BCUT2D eigenvalue weighted by molar-refractivity contribution is 7.15. The number of anilines is 2. The Labute approximate surface area is 218 Å². The van der Waals surface area contributed by atoms with E-state index in [0.29, 0.717) is 76.4 Å². The van der Waals surface area contributed by atoms with Gasteiger partial charge in [-0.05, 0) is 31.0 Å². The van der Waals surface area contributed by atoms with Crippen LogP contribution in [0.15, 0.2) is 18.2 Å². The number of alkyl halides is 6. The van der Waals surface area contributed by atoms with E-state index >= 15 is 0 Å². The third-order valence-corrected chi connectivity index (χ3v) is 7.63. The summed E-state index contributed by atoms with van der Waals surface area (Å²) in [5.74, 6) is -0.0115. The SMILES string of the molecule is N#Cc1ccc(NC2CCN(C(=O)CCN3CCN(c4nnc(C(F)(F)F)s4)CC3)CC2)cc1C(F)(F)F. The molecular weight excluding hydrogens is 536 g/mol. The quantitative estimate of drug-likeness (QED) is 0.533. The molecule has 4 rings (SSSR count). The number of hydrogen-bond acceptors (Lipinski definition) is 8. The van der Waals surface area contributed by atoms with Crippen LogP contribution >= 0.6 is 11.3 Å². The summed E-state index contributed by atoms with van der Waals surface area (Å²) >= 11 is 0.520. The lowest BCUT2D eigenvalue weighted by Crippen LogP contribution is -2.48. The van der Waals surface area contributed by atoms with Gasteiger partial charge in [-0.3, -0.25) is 9.69 Å². The zero-order valence-corrected chi connectivity index (χ0v) is 21.0. The van der Waals surface area contributed by atoms with E-state index in [1.165, 1.54) is 6.07 Å². The maximum absolute atomic E-state index is 13.2. The molecule has 2 saturated heterocycles. The first-order valence-electron chi connectivity index (χ1n) is 12.0. The van der Waals surface area contributed by atoms with Crippen LogP contribution in [-0.4, -0.2) is 77.8 Å². The van der Waals surface area contributed by atoms with E-state index in [2.05, 4.69) is 20.4 Å². The molecule has 0 unspecified atom stereocenters. The van der Waals surface area contributed by atoms with Crippen molar-refractivity contribution in [1.29, 1.82) is 5.26 Å². The summed E-state index contributed by atoms with van der Waals surface area (Å²) in [7, 11) is 0. The van der Waals surface area contributed by atoms with Crippen LogP contribution in [-0.2, 0) is 17.1 Å². The Kier molecular flexibility index (Phi) is 8.31. The second kappa shape index (κ2) is 11.3. The maximum atomic E-state index is 13.2. The van der Waals surface area contributed by atoms with Crippen LogP contribution in [0, 0.1) is 11.3 Å². The van der Waals surface area contributed by atoms with E-state index < -0.39 is 28.5 Å². The highest BCUT2D eigenvalue weighted by Gasteiger charge is 2.37. The van der Waals surface area contributed by atoms with Gasteiger partial charge in [0.15, 0.2) is 0 Å². The molecule has 2 aliphatic rings. The van der Waals surface area contributed by atoms with E-state index in [1.54, 1.807) is 15.9 Å². The first kappa shape index (κ1) is 27.9. The molecule has 1 N–H and O–H groups in total. The summed E-state index contributed by atoms with van der Waals surface area (Å²) < 4.78 is 77.9. The van der Waals surface area contributed by atoms with Gasteiger partial charge in [-0.15, -0.1) is 10.2 Å². The molecule has 0 aliphatic carbocycles. The fourth-order valence-electron chi connectivity index (χ4n) is 4.51. The number of aromatic nitrogens is 2. The highest BCUT2D eigenvalue weighted by Crippen LogP contribution is 2.35. The molecule has 2 aliphatic heterocycles. The normalized spacial score (nSPS) is 17.9. The van der Waals surface area contributed by atoms with Crippen molar-refractivity contribution < 1.29 is 31.1 Å². The molecule has 38 heavy (non-hydrogen) atoms. The number of likely N-dealkylation sites (tertiary alicyclic amines) is 1. The fraction of sp³-hybridized carbons (Fsp3) is 0.565. The topological polar surface area (TPSA) is 88.4 Å². The largest absolute Gasteiger partial charge is 0.445 e. The molecule has 0 spiro atoms. The number of benzene rings is 1. The Balaban J connectivity index is 1.19. The van der Waals surface area contributed by atoms with Crippen molar-refractivity contribution in [3.05, 3.63) is 34.3 Å². The van der Waals surface area contributed by atoms with Gasteiger partial charge >= 0.3 is 12.4 Å². The minimum absolute atomic E-state index is 0.0115. The lowest BCUT2D eigenvalue weighted by molar-refractivity contribution is -0.138. The van der Waals surface area contributed by atoms with Gasteiger partial charge in [0, 0.05) is 64.0 Å². The molecule has 0 radical (unpaired) electrons. The lowest BCUT2D eigenvalue weighted by atomic mass is 10.0. The minimum atomic E-state index is -4.63. The van der Waals surface area contributed by atoms with Crippen molar-refractivity contribution in [2.75, 3.05) is 56.0 Å². The zero-order chi connectivity index (χ0) is 27.5. The number of piperazine rings is 1. The Morgan fingerprint density at radius 3 is 2.29 bits per heavy atom. The van der Waals surface area contributed by atoms with E-state index in [4.69, 9.17) is 5.26 Å². The molecule has 206 valence electrons. The fourth-order valence-corrected chi connectivity index (χ4v) is 5.27. The predicted molar refractivity (Wildman–Crippen MR) is 128 cm³/mol.